The van der Waals surface area contributed by atoms with E-state index in [1.165, 1.54) is 12.1 Å². The van der Waals surface area contributed by atoms with Crippen LogP contribution in [0.3, 0.4) is 0 Å². The zero-order valence-corrected chi connectivity index (χ0v) is 13.1. The molecule has 1 heterocycles. The normalized spacial score (nSPS) is 19.1. The molecule has 0 aromatic heterocycles. The Kier molecular flexibility index (Phi) is 4.60. The first-order chi connectivity index (χ1) is 11.5. The molecule has 0 saturated heterocycles. The summed E-state index contributed by atoms with van der Waals surface area (Å²) in [6.07, 6.45) is -1.64. The van der Waals surface area contributed by atoms with Gasteiger partial charge in [-0.3, -0.25) is 4.79 Å². The molecule has 0 bridgehead atoms. The van der Waals surface area contributed by atoms with Gasteiger partial charge in [0.05, 0.1) is 5.41 Å². The summed E-state index contributed by atoms with van der Waals surface area (Å²) in [5.41, 5.74) is -0.00486. The largest absolute Gasteiger partial charge is 0.586 e. The van der Waals surface area contributed by atoms with Crippen LogP contribution in [0.25, 0.3) is 0 Å². The van der Waals surface area contributed by atoms with Gasteiger partial charge >= 0.3 is 6.29 Å². The maximum Gasteiger partial charge on any atom is 0.586 e. The molecule has 132 valence electrons. The number of alkyl halides is 2. The molecule has 0 unspecified atom stereocenters. The van der Waals surface area contributed by atoms with E-state index in [0.717, 1.165) is 0 Å². The monoisotopic (exact) mass is 342 g/mol. The highest BCUT2D eigenvalue weighted by Gasteiger charge is 2.52. The Hall–Kier alpha value is -1.93. The molecule has 1 aromatic rings. The number of ether oxygens (including phenoxy) is 2. The van der Waals surface area contributed by atoms with Crippen molar-refractivity contribution in [1.82, 2.24) is 10.6 Å². The van der Waals surface area contributed by atoms with Gasteiger partial charge in [-0.25, -0.2) is 0 Å². The van der Waals surface area contributed by atoms with E-state index in [2.05, 4.69) is 20.1 Å². The summed E-state index contributed by atoms with van der Waals surface area (Å²) < 4.78 is 35.0. The molecule has 1 aliphatic carbocycles. The maximum atomic E-state index is 13.1. The number of fused-ring (bicyclic) bond motifs is 1. The summed E-state index contributed by atoms with van der Waals surface area (Å²) in [6.45, 7) is 1.89. The van der Waals surface area contributed by atoms with Crippen molar-refractivity contribution in [1.29, 1.82) is 0 Å². The standard InChI is InChI=1S/C16H20F2N2O4/c17-16(18)23-12-3-2-11(10-13(12)24-16)15(4-5-15)14(22)20-8-7-19-6-1-9-21/h2-3,10,19,21H,1,4-9H2,(H,20,22). The third kappa shape index (κ3) is 3.44. The number of halogens is 2. The number of aliphatic hydroxyl groups excluding tert-OH is 1. The molecule has 1 fully saturated rings. The van der Waals surface area contributed by atoms with Crippen LogP contribution in [-0.2, 0) is 10.2 Å². The average molecular weight is 342 g/mol. The molecule has 1 aromatic carbocycles. The number of carbonyl (C=O) groups is 1. The first-order valence-electron chi connectivity index (χ1n) is 7.97. The lowest BCUT2D eigenvalue weighted by molar-refractivity contribution is -0.286. The topological polar surface area (TPSA) is 79.8 Å². The maximum absolute atomic E-state index is 13.1. The fourth-order valence-corrected chi connectivity index (χ4v) is 2.78. The van der Waals surface area contributed by atoms with Crippen molar-refractivity contribution in [2.24, 2.45) is 0 Å². The third-order valence-electron chi connectivity index (χ3n) is 4.24. The quantitative estimate of drug-likeness (QED) is 0.617. The van der Waals surface area contributed by atoms with E-state index in [1.807, 2.05) is 0 Å². The summed E-state index contributed by atoms with van der Waals surface area (Å²) in [7, 11) is 0. The first kappa shape index (κ1) is 16.9. The Balaban J connectivity index is 1.57. The van der Waals surface area contributed by atoms with Crippen LogP contribution in [0, 0.1) is 0 Å². The third-order valence-corrected chi connectivity index (χ3v) is 4.24. The van der Waals surface area contributed by atoms with Gasteiger partial charge in [-0.1, -0.05) is 6.07 Å². The lowest BCUT2D eigenvalue weighted by Crippen LogP contribution is -2.38. The van der Waals surface area contributed by atoms with Gasteiger partial charge in [0, 0.05) is 19.7 Å². The minimum Gasteiger partial charge on any atom is -0.396 e. The molecular formula is C16H20F2N2O4. The molecule has 0 radical (unpaired) electrons. The molecule has 6 nitrogen and oxygen atoms in total. The molecule has 1 amide bonds. The highest BCUT2D eigenvalue weighted by Crippen LogP contribution is 2.51. The molecular weight excluding hydrogens is 322 g/mol. The number of aliphatic hydroxyl groups is 1. The second-order valence-electron chi connectivity index (χ2n) is 5.99. The summed E-state index contributed by atoms with van der Waals surface area (Å²) in [5.74, 6) is -0.174. The van der Waals surface area contributed by atoms with E-state index in [-0.39, 0.29) is 24.0 Å². The molecule has 24 heavy (non-hydrogen) atoms. The second kappa shape index (κ2) is 6.52. The number of hydrogen-bond donors (Lipinski definition) is 3. The number of rotatable bonds is 8. The Morgan fingerprint density at radius 2 is 1.92 bits per heavy atom. The van der Waals surface area contributed by atoms with Gasteiger partial charge in [0.15, 0.2) is 11.5 Å². The van der Waals surface area contributed by atoms with Gasteiger partial charge in [-0.2, -0.15) is 0 Å². The van der Waals surface area contributed by atoms with Gasteiger partial charge < -0.3 is 25.2 Å². The Morgan fingerprint density at radius 3 is 2.62 bits per heavy atom. The molecule has 1 aliphatic heterocycles. The molecule has 3 rings (SSSR count). The van der Waals surface area contributed by atoms with Crippen LogP contribution in [-0.4, -0.2) is 43.5 Å². The lowest BCUT2D eigenvalue weighted by Gasteiger charge is -2.16. The van der Waals surface area contributed by atoms with E-state index < -0.39 is 11.7 Å². The number of benzene rings is 1. The van der Waals surface area contributed by atoms with Crippen LogP contribution in [0.2, 0.25) is 0 Å². The van der Waals surface area contributed by atoms with Crippen LogP contribution in [0.15, 0.2) is 18.2 Å². The van der Waals surface area contributed by atoms with Crippen LogP contribution < -0.4 is 20.1 Å². The van der Waals surface area contributed by atoms with Gasteiger partial charge in [0.2, 0.25) is 5.91 Å². The van der Waals surface area contributed by atoms with Crippen LogP contribution in [0.5, 0.6) is 11.5 Å². The fourth-order valence-electron chi connectivity index (χ4n) is 2.78. The zero-order valence-electron chi connectivity index (χ0n) is 13.1. The predicted octanol–water partition coefficient (Wildman–Crippen LogP) is 1.13. The number of hydrogen-bond acceptors (Lipinski definition) is 5. The van der Waals surface area contributed by atoms with Gasteiger partial charge in [0.25, 0.3) is 0 Å². The second-order valence-corrected chi connectivity index (χ2v) is 5.99. The van der Waals surface area contributed by atoms with E-state index in [0.29, 0.717) is 44.5 Å². The fraction of sp³-hybridized carbons (Fsp3) is 0.562. The van der Waals surface area contributed by atoms with E-state index in [9.17, 15) is 13.6 Å². The number of nitrogens with one attached hydrogen (secondary N) is 2. The first-order valence-corrected chi connectivity index (χ1v) is 7.97. The molecule has 3 N–H and O–H groups in total. The van der Waals surface area contributed by atoms with E-state index in [1.54, 1.807) is 6.07 Å². The average Bonchev–Trinajstić information content (AvgIpc) is 3.28. The molecule has 0 spiro atoms. The number of amides is 1. The van der Waals surface area contributed by atoms with Crippen molar-refractivity contribution >= 4 is 5.91 Å². The zero-order chi connectivity index (χ0) is 17.2. The summed E-state index contributed by atoms with van der Waals surface area (Å²) in [4.78, 5) is 12.4. The molecule has 2 aliphatic rings. The van der Waals surface area contributed by atoms with Crippen molar-refractivity contribution in [3.05, 3.63) is 23.8 Å². The summed E-state index contributed by atoms with van der Waals surface area (Å²) >= 11 is 0. The van der Waals surface area contributed by atoms with Crippen molar-refractivity contribution < 1.29 is 28.2 Å². The van der Waals surface area contributed by atoms with Crippen LogP contribution >= 0.6 is 0 Å². The minimum absolute atomic E-state index is 0.0203. The summed E-state index contributed by atoms with van der Waals surface area (Å²) in [5, 5.41) is 14.6. The Labute approximate surface area is 138 Å². The number of carbonyl (C=O) groups excluding carboxylic acids is 1. The van der Waals surface area contributed by atoms with Crippen LogP contribution in [0.1, 0.15) is 24.8 Å². The molecule has 8 heteroatoms. The SMILES string of the molecule is O=C(NCCNCCCO)C1(c2ccc3c(c2)OC(F)(F)O3)CC1. The van der Waals surface area contributed by atoms with Crippen molar-refractivity contribution in [3.63, 3.8) is 0 Å². The van der Waals surface area contributed by atoms with Gasteiger partial charge in [-0.15, -0.1) is 8.78 Å². The molecule has 1 saturated carbocycles. The predicted molar refractivity (Wildman–Crippen MR) is 81.1 cm³/mol. The van der Waals surface area contributed by atoms with E-state index >= 15 is 0 Å². The lowest BCUT2D eigenvalue weighted by atomic mass is 9.94. The summed E-state index contributed by atoms with van der Waals surface area (Å²) in [6, 6.07) is 4.51. The van der Waals surface area contributed by atoms with Crippen molar-refractivity contribution in [2.45, 2.75) is 31.0 Å². The van der Waals surface area contributed by atoms with Gasteiger partial charge in [0.1, 0.15) is 0 Å². The Bertz CT molecular complexity index is 620. The smallest absolute Gasteiger partial charge is 0.396 e. The van der Waals surface area contributed by atoms with Crippen molar-refractivity contribution in [3.8, 4) is 11.5 Å². The highest BCUT2D eigenvalue weighted by molar-refractivity contribution is 5.91. The van der Waals surface area contributed by atoms with E-state index in [4.69, 9.17) is 5.11 Å². The van der Waals surface area contributed by atoms with Gasteiger partial charge in [-0.05, 0) is 43.5 Å². The minimum atomic E-state index is -3.65. The highest BCUT2D eigenvalue weighted by atomic mass is 19.3. The Morgan fingerprint density at radius 1 is 1.17 bits per heavy atom. The van der Waals surface area contributed by atoms with Crippen LogP contribution in [0.4, 0.5) is 8.78 Å². The van der Waals surface area contributed by atoms with Crippen molar-refractivity contribution in [2.75, 3.05) is 26.2 Å². The molecule has 0 atom stereocenters.